The number of hydrogen-bond donors (Lipinski definition) is 1. The maximum absolute atomic E-state index is 13.2. The van der Waals surface area contributed by atoms with Crippen LogP contribution in [0.15, 0.2) is 53.3 Å². The quantitative estimate of drug-likeness (QED) is 0.320. The van der Waals surface area contributed by atoms with E-state index >= 15 is 0 Å². The lowest BCUT2D eigenvalue weighted by Gasteiger charge is -2.14. The van der Waals surface area contributed by atoms with Gasteiger partial charge in [-0.25, -0.2) is 4.98 Å². The highest BCUT2D eigenvalue weighted by Crippen LogP contribution is 2.17. The number of aryl methyl sites for hydroxylation is 1. The SMILES string of the molecule is CCCCCCCCCCCc1nc2ccccc2c(=O)n1-c1ccc(N)cc1. The number of rotatable bonds is 11. The van der Waals surface area contributed by atoms with E-state index in [9.17, 15) is 4.79 Å². The topological polar surface area (TPSA) is 60.9 Å². The fourth-order valence-corrected chi connectivity index (χ4v) is 3.83. The van der Waals surface area contributed by atoms with Crippen molar-refractivity contribution in [2.45, 2.75) is 71.1 Å². The summed E-state index contributed by atoms with van der Waals surface area (Å²) in [6, 6.07) is 15.0. The molecule has 0 amide bonds. The summed E-state index contributed by atoms with van der Waals surface area (Å²) in [5, 5.41) is 0.653. The van der Waals surface area contributed by atoms with E-state index < -0.39 is 0 Å². The van der Waals surface area contributed by atoms with Gasteiger partial charge in [-0.3, -0.25) is 9.36 Å². The summed E-state index contributed by atoms with van der Waals surface area (Å²) in [4.78, 5) is 18.0. The molecule has 0 aliphatic carbocycles. The standard InChI is InChI=1S/C25H33N3O/c1-2-3-4-5-6-7-8-9-10-15-24-27-23-14-12-11-13-22(23)25(29)28(24)21-18-16-20(26)17-19-21/h11-14,16-19H,2-10,15,26H2,1H3. The van der Waals surface area contributed by atoms with Gasteiger partial charge in [0, 0.05) is 12.1 Å². The van der Waals surface area contributed by atoms with Crippen LogP contribution in [0.5, 0.6) is 0 Å². The molecule has 0 saturated carbocycles. The molecule has 3 aromatic rings. The normalized spacial score (nSPS) is 11.2. The maximum Gasteiger partial charge on any atom is 0.265 e. The third-order valence-electron chi connectivity index (χ3n) is 5.50. The van der Waals surface area contributed by atoms with Crippen LogP contribution in [-0.2, 0) is 6.42 Å². The van der Waals surface area contributed by atoms with Crippen molar-refractivity contribution in [2.24, 2.45) is 0 Å². The number of unbranched alkanes of at least 4 members (excludes halogenated alkanes) is 8. The number of anilines is 1. The minimum absolute atomic E-state index is 0.00806. The summed E-state index contributed by atoms with van der Waals surface area (Å²) >= 11 is 0. The van der Waals surface area contributed by atoms with Gasteiger partial charge in [0.2, 0.25) is 0 Å². The molecule has 1 heterocycles. The lowest BCUT2D eigenvalue weighted by atomic mass is 10.1. The minimum Gasteiger partial charge on any atom is -0.399 e. The first-order chi connectivity index (χ1) is 14.2. The molecule has 154 valence electrons. The van der Waals surface area contributed by atoms with E-state index in [0.717, 1.165) is 29.9 Å². The molecule has 4 nitrogen and oxygen atoms in total. The first-order valence-corrected chi connectivity index (χ1v) is 11.1. The van der Waals surface area contributed by atoms with Crippen molar-refractivity contribution < 1.29 is 0 Å². The first kappa shape index (κ1) is 21.1. The average Bonchev–Trinajstić information content (AvgIpc) is 2.74. The Morgan fingerprint density at radius 1 is 0.828 bits per heavy atom. The molecule has 0 unspecified atom stereocenters. The molecule has 0 spiro atoms. The summed E-state index contributed by atoms with van der Waals surface area (Å²) in [7, 11) is 0. The predicted octanol–water partition coefficient (Wildman–Crippen LogP) is 6.04. The zero-order valence-corrected chi connectivity index (χ0v) is 17.6. The summed E-state index contributed by atoms with van der Waals surface area (Å²) < 4.78 is 1.76. The smallest absolute Gasteiger partial charge is 0.265 e. The van der Waals surface area contributed by atoms with Crippen LogP contribution < -0.4 is 11.3 Å². The van der Waals surface area contributed by atoms with Crippen LogP contribution in [-0.4, -0.2) is 9.55 Å². The maximum atomic E-state index is 13.2. The zero-order valence-electron chi connectivity index (χ0n) is 17.6. The van der Waals surface area contributed by atoms with Crippen molar-refractivity contribution in [3.63, 3.8) is 0 Å². The molecule has 0 bridgehead atoms. The van der Waals surface area contributed by atoms with Crippen LogP contribution in [0.3, 0.4) is 0 Å². The minimum atomic E-state index is -0.00806. The van der Waals surface area contributed by atoms with Crippen molar-refractivity contribution in [2.75, 3.05) is 5.73 Å². The van der Waals surface area contributed by atoms with Crippen molar-refractivity contribution in [3.05, 3.63) is 64.7 Å². The fraction of sp³-hybridized carbons (Fsp3) is 0.440. The second-order valence-electron chi connectivity index (χ2n) is 7.86. The third kappa shape index (κ3) is 5.69. The number of para-hydroxylation sites is 1. The number of benzene rings is 2. The Balaban J connectivity index is 1.70. The molecule has 0 aliphatic rings. The van der Waals surface area contributed by atoms with E-state index in [1.165, 1.54) is 51.4 Å². The zero-order chi connectivity index (χ0) is 20.5. The molecule has 0 saturated heterocycles. The van der Waals surface area contributed by atoms with E-state index in [1.807, 2.05) is 48.5 Å². The predicted molar refractivity (Wildman–Crippen MR) is 123 cm³/mol. The molecule has 1 aromatic heterocycles. The largest absolute Gasteiger partial charge is 0.399 e. The van der Waals surface area contributed by atoms with Crippen LogP contribution in [0.25, 0.3) is 16.6 Å². The summed E-state index contributed by atoms with van der Waals surface area (Å²) in [6.07, 6.45) is 12.3. The summed E-state index contributed by atoms with van der Waals surface area (Å²) in [6.45, 7) is 2.25. The van der Waals surface area contributed by atoms with Crippen molar-refractivity contribution >= 4 is 16.6 Å². The number of nitrogens with zero attached hydrogens (tertiary/aromatic N) is 2. The summed E-state index contributed by atoms with van der Waals surface area (Å²) in [5.74, 6) is 0.835. The van der Waals surface area contributed by atoms with Crippen molar-refractivity contribution in [3.8, 4) is 5.69 Å². The van der Waals surface area contributed by atoms with Gasteiger partial charge in [0.15, 0.2) is 0 Å². The second kappa shape index (κ2) is 10.8. The number of aromatic nitrogens is 2. The van der Waals surface area contributed by atoms with Gasteiger partial charge in [-0.2, -0.15) is 0 Å². The molecule has 29 heavy (non-hydrogen) atoms. The van der Waals surface area contributed by atoms with E-state index in [0.29, 0.717) is 11.1 Å². The lowest BCUT2D eigenvalue weighted by molar-refractivity contribution is 0.560. The van der Waals surface area contributed by atoms with Gasteiger partial charge in [-0.1, -0.05) is 70.4 Å². The van der Waals surface area contributed by atoms with Gasteiger partial charge in [0.25, 0.3) is 5.56 Å². The Morgan fingerprint density at radius 2 is 1.45 bits per heavy atom. The highest BCUT2D eigenvalue weighted by atomic mass is 16.1. The van der Waals surface area contributed by atoms with Crippen LogP contribution in [0, 0.1) is 0 Å². The van der Waals surface area contributed by atoms with Gasteiger partial charge in [-0.05, 0) is 42.8 Å². The van der Waals surface area contributed by atoms with Crippen molar-refractivity contribution in [1.82, 2.24) is 9.55 Å². The van der Waals surface area contributed by atoms with Crippen molar-refractivity contribution in [1.29, 1.82) is 0 Å². The molecule has 2 aromatic carbocycles. The van der Waals surface area contributed by atoms with Crippen LogP contribution in [0.2, 0.25) is 0 Å². The Bertz CT molecular complexity index is 960. The highest BCUT2D eigenvalue weighted by molar-refractivity contribution is 5.77. The van der Waals surface area contributed by atoms with E-state index in [4.69, 9.17) is 10.7 Å². The molecule has 0 fully saturated rings. The fourth-order valence-electron chi connectivity index (χ4n) is 3.83. The van der Waals surface area contributed by atoms with Gasteiger partial charge in [0.1, 0.15) is 5.82 Å². The number of hydrogen-bond acceptors (Lipinski definition) is 3. The highest BCUT2D eigenvalue weighted by Gasteiger charge is 2.12. The Kier molecular flexibility index (Phi) is 7.85. The molecular weight excluding hydrogens is 358 g/mol. The number of nitrogens with two attached hydrogens (primary N) is 1. The van der Waals surface area contributed by atoms with Gasteiger partial charge in [-0.15, -0.1) is 0 Å². The third-order valence-corrected chi connectivity index (χ3v) is 5.50. The van der Waals surface area contributed by atoms with E-state index in [2.05, 4.69) is 6.92 Å². The number of fused-ring (bicyclic) bond motifs is 1. The molecular formula is C25H33N3O. The molecule has 0 aliphatic heterocycles. The van der Waals surface area contributed by atoms with Crippen LogP contribution in [0.4, 0.5) is 5.69 Å². The molecule has 0 atom stereocenters. The lowest BCUT2D eigenvalue weighted by Crippen LogP contribution is -2.24. The Labute approximate surface area is 173 Å². The summed E-state index contributed by atoms with van der Waals surface area (Å²) in [5.41, 5.74) is 8.12. The molecule has 4 heteroatoms. The van der Waals surface area contributed by atoms with Gasteiger partial charge < -0.3 is 5.73 Å². The van der Waals surface area contributed by atoms with E-state index in [-0.39, 0.29) is 5.56 Å². The molecule has 3 rings (SSSR count). The van der Waals surface area contributed by atoms with Gasteiger partial charge in [0.05, 0.1) is 16.6 Å². The number of nitrogen functional groups attached to an aromatic ring is 1. The Morgan fingerprint density at radius 3 is 2.14 bits per heavy atom. The van der Waals surface area contributed by atoms with Crippen LogP contribution in [0.1, 0.15) is 70.5 Å². The second-order valence-corrected chi connectivity index (χ2v) is 7.86. The Hall–Kier alpha value is -2.62. The molecule has 2 N–H and O–H groups in total. The van der Waals surface area contributed by atoms with Gasteiger partial charge >= 0.3 is 0 Å². The molecule has 0 radical (unpaired) electrons. The first-order valence-electron chi connectivity index (χ1n) is 11.1. The monoisotopic (exact) mass is 391 g/mol. The average molecular weight is 392 g/mol. The van der Waals surface area contributed by atoms with Crippen LogP contribution >= 0.6 is 0 Å². The van der Waals surface area contributed by atoms with E-state index in [1.54, 1.807) is 4.57 Å².